The average Bonchev–Trinajstić information content (AvgIpc) is 2.47. The Labute approximate surface area is 123 Å². The standard InChI is InChI=1S/C16H28N4/c1-5-15-9-14(11-17-6-2)10-16(18-15)20-8-7-19(4)13(3)12-20/h9-10,13,17H,5-8,11-12H2,1-4H3. The molecule has 20 heavy (non-hydrogen) atoms. The van der Waals surface area contributed by atoms with Crippen molar-refractivity contribution in [2.24, 2.45) is 0 Å². The van der Waals surface area contributed by atoms with Crippen molar-refractivity contribution in [3.8, 4) is 0 Å². The number of piperazine rings is 1. The van der Waals surface area contributed by atoms with E-state index in [-0.39, 0.29) is 0 Å². The number of aromatic nitrogens is 1. The molecule has 1 fully saturated rings. The molecule has 0 spiro atoms. The SMILES string of the molecule is CCNCc1cc(CC)nc(N2CCN(C)C(C)C2)c1. The fraction of sp³-hybridized carbons (Fsp3) is 0.688. The Morgan fingerprint density at radius 1 is 1.30 bits per heavy atom. The predicted molar refractivity (Wildman–Crippen MR) is 85.3 cm³/mol. The summed E-state index contributed by atoms with van der Waals surface area (Å²) >= 11 is 0. The highest BCUT2D eigenvalue weighted by atomic mass is 15.3. The van der Waals surface area contributed by atoms with Crippen LogP contribution in [0.1, 0.15) is 32.0 Å². The fourth-order valence-electron chi connectivity index (χ4n) is 2.60. The van der Waals surface area contributed by atoms with Gasteiger partial charge in [0.25, 0.3) is 0 Å². The first-order valence-electron chi connectivity index (χ1n) is 7.79. The molecular formula is C16H28N4. The van der Waals surface area contributed by atoms with Crippen LogP contribution in [-0.2, 0) is 13.0 Å². The smallest absolute Gasteiger partial charge is 0.129 e. The van der Waals surface area contributed by atoms with Crippen LogP contribution in [0.2, 0.25) is 0 Å². The normalized spacial score (nSPS) is 20.4. The van der Waals surface area contributed by atoms with Crippen molar-refractivity contribution < 1.29 is 0 Å². The van der Waals surface area contributed by atoms with Gasteiger partial charge >= 0.3 is 0 Å². The lowest BCUT2D eigenvalue weighted by molar-refractivity contribution is 0.233. The molecule has 4 heteroatoms. The van der Waals surface area contributed by atoms with Gasteiger partial charge in [-0.05, 0) is 44.6 Å². The summed E-state index contributed by atoms with van der Waals surface area (Å²) in [4.78, 5) is 9.67. The van der Waals surface area contributed by atoms with Crippen LogP contribution in [-0.4, -0.2) is 49.2 Å². The first-order valence-corrected chi connectivity index (χ1v) is 7.79. The lowest BCUT2D eigenvalue weighted by Gasteiger charge is -2.38. The minimum Gasteiger partial charge on any atom is -0.354 e. The van der Waals surface area contributed by atoms with Gasteiger partial charge in [-0.15, -0.1) is 0 Å². The second-order valence-electron chi connectivity index (χ2n) is 5.73. The monoisotopic (exact) mass is 276 g/mol. The van der Waals surface area contributed by atoms with Crippen molar-refractivity contribution >= 4 is 5.82 Å². The maximum Gasteiger partial charge on any atom is 0.129 e. The van der Waals surface area contributed by atoms with Crippen molar-refractivity contribution in [3.05, 3.63) is 23.4 Å². The van der Waals surface area contributed by atoms with Gasteiger partial charge in [0.15, 0.2) is 0 Å². The summed E-state index contributed by atoms with van der Waals surface area (Å²) in [6.07, 6.45) is 0.996. The maximum absolute atomic E-state index is 4.82. The van der Waals surface area contributed by atoms with Crippen LogP contribution < -0.4 is 10.2 Å². The Kier molecular flexibility index (Phi) is 5.38. The highest BCUT2D eigenvalue weighted by molar-refractivity contribution is 5.43. The number of nitrogens with one attached hydrogen (secondary N) is 1. The third-order valence-corrected chi connectivity index (χ3v) is 4.15. The molecule has 1 unspecified atom stereocenters. The minimum atomic E-state index is 0.591. The van der Waals surface area contributed by atoms with Gasteiger partial charge in [-0.1, -0.05) is 13.8 Å². The zero-order chi connectivity index (χ0) is 14.5. The van der Waals surface area contributed by atoms with Crippen molar-refractivity contribution in [2.45, 2.75) is 39.8 Å². The highest BCUT2D eigenvalue weighted by Gasteiger charge is 2.22. The average molecular weight is 276 g/mol. The lowest BCUT2D eigenvalue weighted by Crippen LogP contribution is -2.50. The molecule has 1 saturated heterocycles. The lowest BCUT2D eigenvalue weighted by atomic mass is 10.1. The Hall–Kier alpha value is -1.13. The van der Waals surface area contributed by atoms with Crippen LogP contribution in [0.25, 0.3) is 0 Å². The van der Waals surface area contributed by atoms with E-state index in [1.54, 1.807) is 0 Å². The quantitative estimate of drug-likeness (QED) is 0.890. The largest absolute Gasteiger partial charge is 0.354 e. The van der Waals surface area contributed by atoms with Gasteiger partial charge < -0.3 is 15.1 Å². The number of likely N-dealkylation sites (N-methyl/N-ethyl adjacent to an activating group) is 1. The number of aryl methyl sites for hydroxylation is 1. The van der Waals surface area contributed by atoms with E-state index in [1.165, 1.54) is 11.3 Å². The van der Waals surface area contributed by atoms with Crippen LogP contribution >= 0.6 is 0 Å². The van der Waals surface area contributed by atoms with Gasteiger partial charge in [0, 0.05) is 37.9 Å². The summed E-state index contributed by atoms with van der Waals surface area (Å²) in [5, 5.41) is 3.41. The van der Waals surface area contributed by atoms with E-state index in [2.05, 4.69) is 55.1 Å². The molecule has 0 aliphatic carbocycles. The van der Waals surface area contributed by atoms with Crippen molar-refractivity contribution in [3.63, 3.8) is 0 Å². The van der Waals surface area contributed by atoms with Crippen molar-refractivity contribution in [1.82, 2.24) is 15.2 Å². The van der Waals surface area contributed by atoms with E-state index in [9.17, 15) is 0 Å². The molecule has 0 bridgehead atoms. The van der Waals surface area contributed by atoms with Crippen molar-refractivity contribution in [2.75, 3.05) is 38.1 Å². The third-order valence-electron chi connectivity index (χ3n) is 4.15. The van der Waals surface area contributed by atoms with E-state index < -0.39 is 0 Å². The molecule has 2 heterocycles. The van der Waals surface area contributed by atoms with Crippen molar-refractivity contribution in [1.29, 1.82) is 0 Å². The number of anilines is 1. The van der Waals surface area contributed by atoms with Gasteiger partial charge in [0.05, 0.1) is 0 Å². The summed E-state index contributed by atoms with van der Waals surface area (Å²) in [6.45, 7) is 11.8. The van der Waals surface area contributed by atoms with Crippen LogP contribution in [0.15, 0.2) is 12.1 Å². The van der Waals surface area contributed by atoms with Gasteiger partial charge in [0.1, 0.15) is 5.82 Å². The fourth-order valence-corrected chi connectivity index (χ4v) is 2.60. The molecule has 1 aromatic rings. The second-order valence-corrected chi connectivity index (χ2v) is 5.73. The summed E-state index contributed by atoms with van der Waals surface area (Å²) in [6, 6.07) is 5.07. The Balaban J connectivity index is 2.17. The molecule has 1 aliphatic heterocycles. The molecule has 0 saturated carbocycles. The number of hydrogen-bond acceptors (Lipinski definition) is 4. The molecule has 112 valence electrons. The Bertz CT molecular complexity index is 432. The maximum atomic E-state index is 4.82. The molecule has 1 atom stereocenters. The van der Waals surface area contributed by atoms with E-state index in [4.69, 9.17) is 4.98 Å². The highest BCUT2D eigenvalue weighted by Crippen LogP contribution is 2.19. The first kappa shape index (κ1) is 15.3. The number of pyridine rings is 1. The van der Waals surface area contributed by atoms with Crippen LogP contribution in [0.4, 0.5) is 5.82 Å². The first-order chi connectivity index (χ1) is 9.63. The zero-order valence-electron chi connectivity index (χ0n) is 13.3. The van der Waals surface area contributed by atoms with Gasteiger partial charge in [-0.3, -0.25) is 0 Å². The summed E-state index contributed by atoms with van der Waals surface area (Å²) in [7, 11) is 2.20. The van der Waals surface area contributed by atoms with E-state index in [1.807, 2.05) is 0 Å². The number of rotatable bonds is 5. The summed E-state index contributed by atoms with van der Waals surface area (Å²) < 4.78 is 0. The molecule has 0 aromatic carbocycles. The predicted octanol–water partition coefficient (Wildman–Crippen LogP) is 1.89. The number of hydrogen-bond donors (Lipinski definition) is 1. The zero-order valence-corrected chi connectivity index (χ0v) is 13.3. The molecule has 2 rings (SSSR count). The van der Waals surface area contributed by atoms with E-state index in [0.717, 1.165) is 45.0 Å². The van der Waals surface area contributed by atoms with E-state index >= 15 is 0 Å². The van der Waals surface area contributed by atoms with Crippen LogP contribution in [0.3, 0.4) is 0 Å². The summed E-state index contributed by atoms with van der Waals surface area (Å²) in [5.41, 5.74) is 2.54. The third kappa shape index (κ3) is 3.70. The molecule has 0 radical (unpaired) electrons. The molecular weight excluding hydrogens is 248 g/mol. The molecule has 4 nitrogen and oxygen atoms in total. The molecule has 0 amide bonds. The van der Waals surface area contributed by atoms with Gasteiger partial charge in [-0.2, -0.15) is 0 Å². The molecule has 1 aliphatic rings. The topological polar surface area (TPSA) is 31.4 Å². The van der Waals surface area contributed by atoms with E-state index in [0.29, 0.717) is 6.04 Å². The van der Waals surface area contributed by atoms with Crippen LogP contribution in [0.5, 0.6) is 0 Å². The van der Waals surface area contributed by atoms with Gasteiger partial charge in [0.2, 0.25) is 0 Å². The number of nitrogens with zero attached hydrogens (tertiary/aromatic N) is 3. The molecule has 1 N–H and O–H groups in total. The Morgan fingerprint density at radius 2 is 2.10 bits per heavy atom. The van der Waals surface area contributed by atoms with Gasteiger partial charge in [-0.25, -0.2) is 4.98 Å². The second kappa shape index (κ2) is 7.04. The minimum absolute atomic E-state index is 0.591. The Morgan fingerprint density at radius 3 is 2.75 bits per heavy atom. The van der Waals surface area contributed by atoms with Crippen LogP contribution in [0, 0.1) is 0 Å². The summed E-state index contributed by atoms with van der Waals surface area (Å²) in [5.74, 6) is 1.15. The molecule has 1 aromatic heterocycles.